The quantitative estimate of drug-likeness (QED) is 0.608. The molecule has 0 aliphatic heterocycles. The fourth-order valence-corrected chi connectivity index (χ4v) is 2.87. The smallest absolute Gasteiger partial charge is 0.215 e. The molecule has 0 unspecified atom stereocenters. The van der Waals surface area contributed by atoms with Gasteiger partial charge in [0.2, 0.25) is 10.0 Å². The lowest BCUT2D eigenvalue weighted by Gasteiger charge is -2.15. The standard InChI is InChI=1S/C6H14ClNO4S2/c1-8(4-6-13(2,9)10)14(11,12)5-3-7/h3-6H2,1-2H3. The van der Waals surface area contributed by atoms with Crippen molar-refractivity contribution in [2.24, 2.45) is 0 Å². The van der Waals surface area contributed by atoms with E-state index in [1.807, 2.05) is 0 Å². The fourth-order valence-electron chi connectivity index (χ4n) is 0.687. The maximum atomic E-state index is 11.3. The predicted octanol–water partition coefficient (Wildman–Crippen LogP) is -0.469. The van der Waals surface area contributed by atoms with Crippen molar-refractivity contribution < 1.29 is 16.8 Å². The van der Waals surface area contributed by atoms with Crippen molar-refractivity contribution >= 4 is 31.5 Å². The number of sulfonamides is 1. The van der Waals surface area contributed by atoms with Gasteiger partial charge in [-0.05, 0) is 0 Å². The van der Waals surface area contributed by atoms with E-state index in [0.29, 0.717) is 0 Å². The van der Waals surface area contributed by atoms with E-state index >= 15 is 0 Å². The van der Waals surface area contributed by atoms with Gasteiger partial charge in [0, 0.05) is 25.7 Å². The Kier molecular flexibility index (Phi) is 5.35. The lowest BCUT2D eigenvalue weighted by molar-refractivity contribution is 0.486. The third-order valence-corrected chi connectivity index (χ3v) is 4.78. The third kappa shape index (κ3) is 5.79. The van der Waals surface area contributed by atoms with Crippen molar-refractivity contribution in [2.75, 3.05) is 37.2 Å². The van der Waals surface area contributed by atoms with E-state index in [-0.39, 0.29) is 23.9 Å². The number of nitrogens with zero attached hydrogens (tertiary/aromatic N) is 1. The SMILES string of the molecule is CN(CCS(C)(=O)=O)S(=O)(=O)CCCl. The minimum Gasteiger partial charge on any atom is -0.229 e. The number of sulfone groups is 1. The summed E-state index contributed by atoms with van der Waals surface area (Å²) in [6, 6.07) is 0. The molecule has 0 amide bonds. The molecule has 0 N–H and O–H groups in total. The zero-order valence-corrected chi connectivity index (χ0v) is 10.5. The highest BCUT2D eigenvalue weighted by Crippen LogP contribution is 1.99. The van der Waals surface area contributed by atoms with E-state index in [1.165, 1.54) is 7.05 Å². The summed E-state index contributed by atoms with van der Waals surface area (Å²) < 4.78 is 45.1. The Morgan fingerprint density at radius 1 is 1.14 bits per heavy atom. The molecule has 0 rings (SSSR count). The van der Waals surface area contributed by atoms with E-state index in [2.05, 4.69) is 0 Å². The molecular weight excluding hydrogens is 250 g/mol. The van der Waals surface area contributed by atoms with E-state index in [9.17, 15) is 16.8 Å². The van der Waals surface area contributed by atoms with Gasteiger partial charge in [0.1, 0.15) is 9.84 Å². The summed E-state index contributed by atoms with van der Waals surface area (Å²) in [6.45, 7) is -0.0297. The summed E-state index contributed by atoms with van der Waals surface area (Å²) >= 11 is 5.30. The van der Waals surface area contributed by atoms with Gasteiger partial charge in [0.05, 0.1) is 11.5 Å². The molecular formula is C6H14ClNO4S2. The van der Waals surface area contributed by atoms with Crippen LogP contribution in [0.5, 0.6) is 0 Å². The van der Waals surface area contributed by atoms with Crippen LogP contribution in [0.4, 0.5) is 0 Å². The largest absolute Gasteiger partial charge is 0.229 e. The summed E-state index contributed by atoms with van der Waals surface area (Å²) in [5, 5.41) is 0. The average Bonchev–Trinajstić information content (AvgIpc) is 1.98. The van der Waals surface area contributed by atoms with E-state index in [1.54, 1.807) is 0 Å². The Balaban J connectivity index is 4.29. The molecule has 0 aliphatic carbocycles. The minimum atomic E-state index is -3.40. The van der Waals surface area contributed by atoms with Crippen LogP contribution in [0.15, 0.2) is 0 Å². The molecule has 0 aromatic rings. The lowest BCUT2D eigenvalue weighted by Crippen LogP contribution is -2.33. The van der Waals surface area contributed by atoms with Crippen LogP contribution in [0.2, 0.25) is 0 Å². The predicted molar refractivity (Wildman–Crippen MR) is 56.8 cm³/mol. The van der Waals surface area contributed by atoms with Crippen molar-refractivity contribution in [3.8, 4) is 0 Å². The highest BCUT2D eigenvalue weighted by Gasteiger charge is 2.18. The number of alkyl halides is 1. The van der Waals surface area contributed by atoms with Crippen LogP contribution >= 0.6 is 11.6 Å². The Labute approximate surface area is 90.0 Å². The topological polar surface area (TPSA) is 71.5 Å². The normalized spacial score (nSPS) is 13.4. The molecule has 0 heterocycles. The van der Waals surface area contributed by atoms with E-state index < -0.39 is 19.9 Å². The molecule has 0 spiro atoms. The second-order valence-corrected chi connectivity index (χ2v) is 7.79. The molecule has 14 heavy (non-hydrogen) atoms. The molecule has 0 aromatic heterocycles. The third-order valence-electron chi connectivity index (χ3n) is 1.59. The first-order chi connectivity index (χ1) is 6.19. The van der Waals surface area contributed by atoms with Crippen LogP contribution in [0.25, 0.3) is 0 Å². The fraction of sp³-hybridized carbons (Fsp3) is 1.00. The van der Waals surface area contributed by atoms with Gasteiger partial charge >= 0.3 is 0 Å². The number of hydrogen-bond acceptors (Lipinski definition) is 4. The molecule has 0 saturated carbocycles. The first-order valence-corrected chi connectivity index (χ1v) is 8.07. The van der Waals surface area contributed by atoms with Crippen molar-refractivity contribution in [2.45, 2.75) is 0 Å². The molecule has 0 saturated heterocycles. The molecule has 0 aliphatic rings. The molecule has 0 aromatic carbocycles. The highest BCUT2D eigenvalue weighted by molar-refractivity contribution is 7.91. The second kappa shape index (κ2) is 5.29. The molecule has 0 bridgehead atoms. The first-order valence-electron chi connectivity index (χ1n) is 3.87. The summed E-state index contributed by atoms with van der Waals surface area (Å²) in [6.07, 6.45) is 1.06. The molecule has 0 atom stereocenters. The van der Waals surface area contributed by atoms with Crippen molar-refractivity contribution in [3.05, 3.63) is 0 Å². The highest BCUT2D eigenvalue weighted by atomic mass is 35.5. The molecule has 86 valence electrons. The Hall–Kier alpha value is 0.150. The van der Waals surface area contributed by atoms with Crippen LogP contribution in [0.1, 0.15) is 0 Å². The zero-order chi connectivity index (χ0) is 11.4. The Morgan fingerprint density at radius 2 is 1.64 bits per heavy atom. The van der Waals surface area contributed by atoms with Crippen LogP contribution in [0.3, 0.4) is 0 Å². The first kappa shape index (κ1) is 14.2. The maximum Gasteiger partial charge on any atom is 0.215 e. The number of halogens is 1. The molecule has 8 heteroatoms. The number of rotatable bonds is 6. The van der Waals surface area contributed by atoms with Gasteiger partial charge in [-0.1, -0.05) is 0 Å². The maximum absolute atomic E-state index is 11.3. The number of hydrogen-bond donors (Lipinski definition) is 0. The van der Waals surface area contributed by atoms with Crippen LogP contribution in [-0.4, -0.2) is 58.4 Å². The average molecular weight is 264 g/mol. The lowest BCUT2D eigenvalue weighted by atomic mass is 10.8. The second-order valence-electron chi connectivity index (χ2n) is 2.96. The Morgan fingerprint density at radius 3 is 2.00 bits per heavy atom. The molecule has 0 fully saturated rings. The van der Waals surface area contributed by atoms with Crippen molar-refractivity contribution in [3.63, 3.8) is 0 Å². The van der Waals surface area contributed by atoms with Gasteiger partial charge in [0.15, 0.2) is 0 Å². The zero-order valence-electron chi connectivity index (χ0n) is 8.10. The van der Waals surface area contributed by atoms with Gasteiger partial charge in [-0.2, -0.15) is 0 Å². The Bertz CT molecular complexity index is 361. The van der Waals surface area contributed by atoms with Crippen LogP contribution in [0, 0.1) is 0 Å². The van der Waals surface area contributed by atoms with Gasteiger partial charge in [-0.3, -0.25) is 0 Å². The van der Waals surface area contributed by atoms with Crippen LogP contribution in [-0.2, 0) is 19.9 Å². The molecule has 0 radical (unpaired) electrons. The van der Waals surface area contributed by atoms with E-state index in [4.69, 9.17) is 11.6 Å². The molecule has 5 nitrogen and oxygen atoms in total. The van der Waals surface area contributed by atoms with Gasteiger partial charge in [-0.25, -0.2) is 21.1 Å². The van der Waals surface area contributed by atoms with Gasteiger partial charge < -0.3 is 0 Å². The monoisotopic (exact) mass is 263 g/mol. The van der Waals surface area contributed by atoms with Crippen molar-refractivity contribution in [1.29, 1.82) is 0 Å². The van der Waals surface area contributed by atoms with Gasteiger partial charge in [0.25, 0.3) is 0 Å². The summed E-state index contributed by atoms with van der Waals surface area (Å²) in [5.41, 5.74) is 0. The summed E-state index contributed by atoms with van der Waals surface area (Å²) in [4.78, 5) is 0. The van der Waals surface area contributed by atoms with Crippen LogP contribution < -0.4 is 0 Å². The van der Waals surface area contributed by atoms with E-state index in [0.717, 1.165) is 10.6 Å². The minimum absolute atomic E-state index is 0.00550. The van der Waals surface area contributed by atoms with Gasteiger partial charge in [-0.15, -0.1) is 11.6 Å². The van der Waals surface area contributed by atoms with Crippen molar-refractivity contribution in [1.82, 2.24) is 4.31 Å². The summed E-state index contributed by atoms with van der Waals surface area (Å²) in [7, 11) is -5.19. The summed E-state index contributed by atoms with van der Waals surface area (Å²) in [5.74, 6) is -0.342.